The van der Waals surface area contributed by atoms with Crippen molar-refractivity contribution in [3.63, 3.8) is 0 Å². The summed E-state index contributed by atoms with van der Waals surface area (Å²) in [6.07, 6.45) is 5.02. The van der Waals surface area contributed by atoms with Gasteiger partial charge in [0.25, 0.3) is 0 Å². The number of ketones is 1. The number of hydrogen-bond acceptors (Lipinski definition) is 1. The van der Waals surface area contributed by atoms with Crippen LogP contribution in [0.3, 0.4) is 0 Å². The Morgan fingerprint density at radius 1 is 1.05 bits per heavy atom. The van der Waals surface area contributed by atoms with Crippen LogP contribution in [0.2, 0.25) is 0 Å². The molecule has 2 heteroatoms. The maximum absolute atomic E-state index is 12.4. The third-order valence-electron chi connectivity index (χ3n) is 3.26. The minimum absolute atomic E-state index is 0.168. The number of carbonyl (C=O) groups excluding carboxylic acids is 1. The topological polar surface area (TPSA) is 17.1 Å². The molecule has 0 fully saturated rings. The number of hydrogen-bond donors (Lipinski definition) is 0. The van der Waals surface area contributed by atoms with Gasteiger partial charge in [-0.15, -0.1) is 0 Å². The van der Waals surface area contributed by atoms with Gasteiger partial charge in [-0.3, -0.25) is 4.79 Å². The summed E-state index contributed by atoms with van der Waals surface area (Å²) in [6, 6.07) is 6.83. The predicted octanol–water partition coefficient (Wildman–Crippen LogP) is 5.34. The minimum Gasteiger partial charge on any atom is -0.294 e. The Morgan fingerprint density at radius 2 is 1.68 bits per heavy atom. The summed E-state index contributed by atoms with van der Waals surface area (Å²) >= 11 is 0. The Kier molecular flexibility index (Phi) is 6.20. The first kappa shape index (κ1) is 15.9. The highest BCUT2D eigenvalue weighted by Gasteiger charge is 2.10. The lowest BCUT2D eigenvalue weighted by molar-refractivity contribution is 0.0979. The number of benzene rings is 1. The zero-order valence-corrected chi connectivity index (χ0v) is 12.3. The van der Waals surface area contributed by atoms with Crippen molar-refractivity contribution in [2.45, 2.75) is 59.5 Å². The number of halogens is 1. The van der Waals surface area contributed by atoms with E-state index in [2.05, 4.69) is 20.8 Å². The molecule has 0 unspecified atom stereocenters. The van der Waals surface area contributed by atoms with Crippen LogP contribution in [0.4, 0.5) is 4.39 Å². The molecule has 0 aliphatic carbocycles. The lowest BCUT2D eigenvalue weighted by Crippen LogP contribution is -2.04. The Labute approximate surface area is 116 Å². The number of carbonyl (C=O) groups is 1. The smallest absolute Gasteiger partial charge is 0.162 e. The first-order valence-corrected chi connectivity index (χ1v) is 7.10. The van der Waals surface area contributed by atoms with Crippen molar-refractivity contribution in [3.05, 3.63) is 35.4 Å². The molecule has 1 nitrogen and oxygen atoms in total. The summed E-state index contributed by atoms with van der Waals surface area (Å²) in [5.74, 6) is 0.168. The first-order valence-electron chi connectivity index (χ1n) is 7.10. The number of alkyl halides is 1. The first-order chi connectivity index (χ1) is 8.92. The fourth-order valence-electron chi connectivity index (χ4n) is 2.04. The molecule has 1 rings (SSSR count). The van der Waals surface area contributed by atoms with Gasteiger partial charge in [0, 0.05) is 12.0 Å². The zero-order chi connectivity index (χ0) is 14.3. The third kappa shape index (κ3) is 6.51. The predicted molar refractivity (Wildman–Crippen MR) is 78.1 cm³/mol. The van der Waals surface area contributed by atoms with E-state index >= 15 is 0 Å². The monoisotopic (exact) mass is 264 g/mol. The summed E-state index contributed by atoms with van der Waals surface area (Å²) in [5, 5.41) is 0. The van der Waals surface area contributed by atoms with E-state index in [9.17, 15) is 9.18 Å². The van der Waals surface area contributed by atoms with Crippen molar-refractivity contribution in [1.29, 1.82) is 0 Å². The lowest BCUT2D eigenvalue weighted by Gasteiger charge is -2.17. The van der Waals surface area contributed by atoms with E-state index in [4.69, 9.17) is 0 Å². The molecule has 0 saturated heterocycles. The van der Waals surface area contributed by atoms with Crippen LogP contribution >= 0.6 is 0 Å². The van der Waals surface area contributed by atoms with Crippen LogP contribution in [0.15, 0.2) is 24.3 Å². The maximum atomic E-state index is 12.4. The quantitative estimate of drug-likeness (QED) is 0.480. The molecule has 0 heterocycles. The third-order valence-corrected chi connectivity index (χ3v) is 3.26. The Morgan fingerprint density at radius 3 is 2.21 bits per heavy atom. The molecule has 1 aromatic rings. The highest BCUT2D eigenvalue weighted by atomic mass is 19.1. The van der Waals surface area contributed by atoms with Crippen LogP contribution in [-0.4, -0.2) is 5.78 Å². The summed E-state index contributed by atoms with van der Waals surface area (Å²) in [6.45, 7) is 6.25. The summed E-state index contributed by atoms with van der Waals surface area (Å²) in [7, 11) is 0. The van der Waals surface area contributed by atoms with E-state index in [1.807, 2.05) is 0 Å². The van der Waals surface area contributed by atoms with Crippen molar-refractivity contribution in [2.75, 3.05) is 0 Å². The van der Waals surface area contributed by atoms with Gasteiger partial charge < -0.3 is 0 Å². The number of rotatable bonds is 7. The van der Waals surface area contributed by atoms with E-state index < -0.39 is 6.67 Å². The second kappa shape index (κ2) is 7.42. The standard InChI is InChI=1S/C17H25FO/c1-17(2,3)12-6-4-5-7-16(19)15-10-8-14(13-18)9-11-15/h8-11H,4-7,12-13H2,1-3H3. The van der Waals surface area contributed by atoms with Crippen LogP contribution in [0, 0.1) is 5.41 Å². The van der Waals surface area contributed by atoms with Gasteiger partial charge in [-0.25, -0.2) is 4.39 Å². The highest BCUT2D eigenvalue weighted by Crippen LogP contribution is 2.22. The average molecular weight is 264 g/mol. The van der Waals surface area contributed by atoms with Crippen molar-refractivity contribution >= 4 is 5.78 Å². The normalized spacial score (nSPS) is 11.6. The number of unbranched alkanes of at least 4 members (excludes halogenated alkanes) is 2. The SMILES string of the molecule is CC(C)(C)CCCCCC(=O)c1ccc(CF)cc1. The largest absolute Gasteiger partial charge is 0.294 e. The molecule has 0 aliphatic heterocycles. The van der Waals surface area contributed by atoms with Crippen LogP contribution in [0.5, 0.6) is 0 Å². The second-order valence-corrected chi connectivity index (χ2v) is 6.38. The van der Waals surface area contributed by atoms with Gasteiger partial charge in [0.1, 0.15) is 6.67 Å². The summed E-state index contributed by atoms with van der Waals surface area (Å²) in [4.78, 5) is 11.9. The second-order valence-electron chi connectivity index (χ2n) is 6.38. The van der Waals surface area contributed by atoms with Gasteiger partial charge >= 0.3 is 0 Å². The van der Waals surface area contributed by atoms with E-state index in [-0.39, 0.29) is 5.78 Å². The molecule has 1 aromatic carbocycles. The van der Waals surface area contributed by atoms with E-state index in [0.717, 1.165) is 12.8 Å². The molecule has 0 bridgehead atoms. The molecule has 0 aromatic heterocycles. The molecule has 0 aliphatic rings. The lowest BCUT2D eigenvalue weighted by atomic mass is 9.89. The van der Waals surface area contributed by atoms with E-state index in [1.165, 1.54) is 12.8 Å². The Balaban J connectivity index is 2.27. The molecule has 0 saturated carbocycles. The molecule has 0 spiro atoms. The maximum Gasteiger partial charge on any atom is 0.162 e. The van der Waals surface area contributed by atoms with Gasteiger partial charge in [-0.05, 0) is 23.8 Å². The summed E-state index contributed by atoms with van der Waals surface area (Å²) in [5.41, 5.74) is 1.71. The highest BCUT2D eigenvalue weighted by molar-refractivity contribution is 5.96. The minimum atomic E-state index is -0.471. The molecular weight excluding hydrogens is 239 g/mol. The fourth-order valence-corrected chi connectivity index (χ4v) is 2.04. The van der Waals surface area contributed by atoms with Gasteiger partial charge in [0.2, 0.25) is 0 Å². The molecule has 0 amide bonds. The fraction of sp³-hybridized carbons (Fsp3) is 0.588. The average Bonchev–Trinajstić information content (AvgIpc) is 2.37. The van der Waals surface area contributed by atoms with Crippen molar-refractivity contribution < 1.29 is 9.18 Å². The molecule has 0 radical (unpaired) electrons. The van der Waals surface area contributed by atoms with Crippen molar-refractivity contribution in [3.8, 4) is 0 Å². The van der Waals surface area contributed by atoms with E-state index in [0.29, 0.717) is 23.0 Å². The Hall–Kier alpha value is -1.18. The van der Waals surface area contributed by atoms with Crippen molar-refractivity contribution in [1.82, 2.24) is 0 Å². The number of Topliss-reactive ketones (excluding diaryl/α,β-unsaturated/α-hetero) is 1. The van der Waals surface area contributed by atoms with Crippen LogP contribution in [0.1, 0.15) is 68.8 Å². The van der Waals surface area contributed by atoms with Crippen molar-refractivity contribution in [2.24, 2.45) is 5.41 Å². The van der Waals surface area contributed by atoms with Crippen LogP contribution in [-0.2, 0) is 6.67 Å². The zero-order valence-electron chi connectivity index (χ0n) is 12.3. The molecular formula is C17H25FO. The molecule has 106 valence electrons. The van der Waals surface area contributed by atoms with Crippen LogP contribution < -0.4 is 0 Å². The van der Waals surface area contributed by atoms with Gasteiger partial charge in [-0.1, -0.05) is 57.9 Å². The molecule has 0 atom stereocenters. The van der Waals surface area contributed by atoms with Crippen LogP contribution in [0.25, 0.3) is 0 Å². The van der Waals surface area contributed by atoms with Gasteiger partial charge in [-0.2, -0.15) is 0 Å². The van der Waals surface area contributed by atoms with Gasteiger partial charge in [0.05, 0.1) is 0 Å². The van der Waals surface area contributed by atoms with Gasteiger partial charge in [0.15, 0.2) is 5.78 Å². The molecule has 0 N–H and O–H groups in total. The molecule has 19 heavy (non-hydrogen) atoms. The Bertz CT molecular complexity index is 387. The van der Waals surface area contributed by atoms with E-state index in [1.54, 1.807) is 24.3 Å². The summed E-state index contributed by atoms with van der Waals surface area (Å²) < 4.78 is 12.4.